The van der Waals surface area contributed by atoms with Crippen LogP contribution in [0.5, 0.6) is 5.75 Å². The predicted octanol–water partition coefficient (Wildman–Crippen LogP) is 4.43. The number of anilines is 1. The van der Waals surface area contributed by atoms with Crippen LogP contribution >= 0.6 is 11.3 Å². The zero-order chi connectivity index (χ0) is 18.1. The van der Waals surface area contributed by atoms with Crippen LogP contribution in [0.1, 0.15) is 10.4 Å². The summed E-state index contributed by atoms with van der Waals surface area (Å²) in [6, 6.07) is 15.9. The minimum absolute atomic E-state index is 0.106. The van der Waals surface area contributed by atoms with Gasteiger partial charge in [-0.3, -0.25) is 9.69 Å². The number of benzene rings is 2. The van der Waals surface area contributed by atoms with E-state index in [1.807, 2.05) is 17.5 Å². The first kappa shape index (κ1) is 16.2. The van der Waals surface area contributed by atoms with Crippen molar-refractivity contribution in [2.24, 2.45) is 4.99 Å². The first-order valence-electron chi connectivity index (χ1n) is 7.85. The number of rotatable bonds is 3. The molecule has 0 saturated heterocycles. The van der Waals surface area contributed by atoms with E-state index in [9.17, 15) is 14.3 Å². The van der Waals surface area contributed by atoms with Gasteiger partial charge in [-0.15, -0.1) is 11.3 Å². The van der Waals surface area contributed by atoms with Gasteiger partial charge in [0.25, 0.3) is 5.91 Å². The van der Waals surface area contributed by atoms with E-state index >= 15 is 0 Å². The molecule has 2 aromatic carbocycles. The van der Waals surface area contributed by atoms with Gasteiger partial charge < -0.3 is 5.11 Å². The van der Waals surface area contributed by atoms with Crippen molar-refractivity contribution in [2.45, 2.75) is 0 Å². The van der Waals surface area contributed by atoms with Crippen molar-refractivity contribution in [3.63, 3.8) is 0 Å². The lowest BCUT2D eigenvalue weighted by Crippen LogP contribution is -2.32. The lowest BCUT2D eigenvalue weighted by molar-refractivity contribution is -0.113. The normalized spacial score (nSPS) is 15.6. The molecule has 2 heterocycles. The molecule has 0 unspecified atom stereocenters. The Morgan fingerprint density at radius 2 is 1.77 bits per heavy atom. The number of hydrogen-bond donors (Lipinski definition) is 1. The lowest BCUT2D eigenvalue weighted by Gasteiger charge is -2.18. The van der Waals surface area contributed by atoms with Gasteiger partial charge in [-0.1, -0.05) is 6.07 Å². The summed E-state index contributed by atoms with van der Waals surface area (Å²) in [6.45, 7) is 0. The van der Waals surface area contributed by atoms with E-state index in [2.05, 4.69) is 4.99 Å². The summed E-state index contributed by atoms with van der Waals surface area (Å²) >= 11 is 1.51. The quantitative estimate of drug-likeness (QED) is 0.699. The molecule has 0 radical (unpaired) electrons. The van der Waals surface area contributed by atoms with Gasteiger partial charge in [0.05, 0.1) is 5.69 Å². The smallest absolute Gasteiger partial charge is 0.282 e. The highest BCUT2D eigenvalue weighted by Crippen LogP contribution is 2.29. The fourth-order valence-electron chi connectivity index (χ4n) is 2.66. The molecule has 0 saturated carbocycles. The zero-order valence-corrected chi connectivity index (χ0v) is 14.3. The number of phenolic OH excluding ortho intramolecular Hbond substituents is 1. The minimum atomic E-state index is -0.357. The maximum absolute atomic E-state index is 13.3. The summed E-state index contributed by atoms with van der Waals surface area (Å²) in [4.78, 5) is 19.9. The van der Waals surface area contributed by atoms with Crippen molar-refractivity contribution in [3.8, 4) is 5.75 Å². The van der Waals surface area contributed by atoms with Crippen LogP contribution in [-0.4, -0.2) is 16.8 Å². The Hall–Kier alpha value is -3.25. The largest absolute Gasteiger partial charge is 0.508 e. The van der Waals surface area contributed by atoms with E-state index in [1.54, 1.807) is 30.3 Å². The van der Waals surface area contributed by atoms with E-state index in [4.69, 9.17) is 0 Å². The molecule has 128 valence electrons. The number of nitrogens with zero attached hydrogens (tertiary/aromatic N) is 2. The maximum Gasteiger partial charge on any atom is 0.282 e. The fraction of sp³-hybridized carbons (Fsp3) is 0. The molecule has 0 spiro atoms. The Morgan fingerprint density at radius 1 is 1.04 bits per heavy atom. The summed E-state index contributed by atoms with van der Waals surface area (Å²) in [5.74, 6) is -0.105. The number of hydrogen-bond acceptors (Lipinski definition) is 4. The second-order valence-corrected chi connectivity index (χ2v) is 6.62. The summed E-state index contributed by atoms with van der Waals surface area (Å²) < 4.78 is 13.3. The molecule has 6 heteroatoms. The third kappa shape index (κ3) is 3.02. The fourth-order valence-corrected chi connectivity index (χ4v) is 3.31. The van der Waals surface area contributed by atoms with E-state index in [-0.39, 0.29) is 17.5 Å². The van der Waals surface area contributed by atoms with Crippen molar-refractivity contribution in [3.05, 3.63) is 88.0 Å². The van der Waals surface area contributed by atoms with Crippen LogP contribution in [0.25, 0.3) is 6.08 Å². The third-order valence-corrected chi connectivity index (χ3v) is 4.71. The lowest BCUT2D eigenvalue weighted by atomic mass is 10.1. The average Bonchev–Trinajstić information content (AvgIpc) is 3.26. The van der Waals surface area contributed by atoms with Crippen LogP contribution in [-0.2, 0) is 4.79 Å². The standard InChI is InChI=1S/C20H13FN2O2S/c21-14-5-3-13(4-6-14)19-22-18(12-17-2-1-11-26-17)20(25)23(19)15-7-9-16(24)10-8-15/h1-12,24H/b18-12+. The van der Waals surface area contributed by atoms with E-state index in [0.717, 1.165) is 4.88 Å². The van der Waals surface area contributed by atoms with Crippen molar-refractivity contribution in [1.82, 2.24) is 0 Å². The molecule has 1 aliphatic rings. The van der Waals surface area contributed by atoms with Crippen LogP contribution in [0, 0.1) is 5.82 Å². The number of carbonyl (C=O) groups is 1. The molecular formula is C20H13FN2O2S. The number of aromatic hydroxyl groups is 1. The molecule has 0 aliphatic carbocycles. The van der Waals surface area contributed by atoms with Crippen molar-refractivity contribution >= 4 is 34.8 Å². The summed E-state index contributed by atoms with van der Waals surface area (Å²) in [5, 5.41) is 11.4. The molecule has 1 N–H and O–H groups in total. The molecule has 1 aliphatic heterocycles. The average molecular weight is 364 g/mol. The first-order valence-corrected chi connectivity index (χ1v) is 8.73. The van der Waals surface area contributed by atoms with E-state index in [1.165, 1.54) is 40.5 Å². The number of amides is 1. The van der Waals surface area contributed by atoms with Crippen molar-refractivity contribution in [1.29, 1.82) is 0 Å². The number of phenols is 1. The summed E-state index contributed by atoms with van der Waals surface area (Å²) in [6.07, 6.45) is 1.73. The number of carbonyl (C=O) groups excluding carboxylic acids is 1. The Kier molecular flexibility index (Phi) is 4.10. The van der Waals surface area contributed by atoms with Gasteiger partial charge in [0.2, 0.25) is 0 Å². The molecule has 26 heavy (non-hydrogen) atoms. The zero-order valence-electron chi connectivity index (χ0n) is 13.5. The second kappa shape index (κ2) is 6.57. The third-order valence-electron chi connectivity index (χ3n) is 3.89. The molecule has 0 bridgehead atoms. The van der Waals surface area contributed by atoms with Crippen LogP contribution in [0.3, 0.4) is 0 Å². The number of amidine groups is 1. The van der Waals surface area contributed by atoms with Crippen LogP contribution in [0.2, 0.25) is 0 Å². The molecule has 4 rings (SSSR count). The highest BCUT2D eigenvalue weighted by molar-refractivity contribution is 7.10. The van der Waals surface area contributed by atoms with Gasteiger partial charge in [0, 0.05) is 10.4 Å². The van der Waals surface area contributed by atoms with E-state index < -0.39 is 0 Å². The Labute approximate surface area is 153 Å². The van der Waals surface area contributed by atoms with Gasteiger partial charge in [0.1, 0.15) is 23.1 Å². The van der Waals surface area contributed by atoms with Crippen molar-refractivity contribution < 1.29 is 14.3 Å². The topological polar surface area (TPSA) is 52.9 Å². The molecule has 1 aromatic heterocycles. The Balaban J connectivity index is 1.82. The van der Waals surface area contributed by atoms with Crippen LogP contribution in [0.15, 0.2) is 76.7 Å². The first-order chi connectivity index (χ1) is 12.6. The molecule has 0 fully saturated rings. The van der Waals surface area contributed by atoms with Gasteiger partial charge in [-0.25, -0.2) is 9.38 Å². The Morgan fingerprint density at radius 3 is 2.42 bits per heavy atom. The molecule has 4 nitrogen and oxygen atoms in total. The van der Waals surface area contributed by atoms with Gasteiger partial charge in [-0.2, -0.15) is 0 Å². The maximum atomic E-state index is 13.3. The van der Waals surface area contributed by atoms with Crippen molar-refractivity contribution in [2.75, 3.05) is 4.90 Å². The Bertz CT molecular complexity index is 1010. The number of halogens is 1. The van der Waals surface area contributed by atoms with E-state index in [0.29, 0.717) is 22.8 Å². The van der Waals surface area contributed by atoms with Gasteiger partial charge in [-0.05, 0) is 66.1 Å². The highest BCUT2D eigenvalue weighted by atomic mass is 32.1. The second-order valence-electron chi connectivity index (χ2n) is 5.64. The predicted molar refractivity (Wildman–Crippen MR) is 101 cm³/mol. The molecular weight excluding hydrogens is 351 g/mol. The van der Waals surface area contributed by atoms with Crippen LogP contribution < -0.4 is 4.90 Å². The summed E-state index contributed by atoms with van der Waals surface area (Å²) in [5.41, 5.74) is 1.51. The number of aliphatic imine (C=N–C) groups is 1. The minimum Gasteiger partial charge on any atom is -0.508 e. The SMILES string of the molecule is O=C1/C(=C\c2cccs2)N=C(c2ccc(F)cc2)N1c1ccc(O)cc1. The molecule has 0 atom stereocenters. The highest BCUT2D eigenvalue weighted by Gasteiger charge is 2.32. The van der Waals surface area contributed by atoms with Gasteiger partial charge in [0.15, 0.2) is 0 Å². The van der Waals surface area contributed by atoms with Crippen LogP contribution in [0.4, 0.5) is 10.1 Å². The monoisotopic (exact) mass is 364 g/mol. The van der Waals surface area contributed by atoms with Gasteiger partial charge >= 0.3 is 0 Å². The molecule has 1 amide bonds. The molecule has 3 aromatic rings. The summed E-state index contributed by atoms with van der Waals surface area (Å²) in [7, 11) is 0. The number of thiophene rings is 1.